The van der Waals surface area contributed by atoms with Gasteiger partial charge in [0.2, 0.25) is 0 Å². The predicted octanol–water partition coefficient (Wildman–Crippen LogP) is 9.04. The SMILES string of the molecule is C1CCC(C2CC[N-]CC2)CC1.[Cl][Pt+2]([Cl])([Cl])[Cl].c1ccc(C2CC[N-]CC2)cc1. The zero-order chi connectivity index (χ0) is 21.0. The van der Waals surface area contributed by atoms with Crippen LogP contribution in [0.15, 0.2) is 30.3 Å². The smallest absolute Gasteiger partial charge is 0.0195 e. The molecule has 3 fully saturated rings. The second-order valence-corrected chi connectivity index (χ2v) is 27.7. The van der Waals surface area contributed by atoms with Crippen molar-refractivity contribution in [2.75, 3.05) is 26.2 Å². The van der Waals surface area contributed by atoms with Gasteiger partial charge in [-0.1, -0.05) is 88.1 Å². The maximum absolute atomic E-state index is 5.01. The fourth-order valence-electron chi connectivity index (χ4n) is 4.66. The summed E-state index contributed by atoms with van der Waals surface area (Å²) >= 11 is -3.06. The van der Waals surface area contributed by atoms with Crippen LogP contribution in [0.2, 0.25) is 0 Å². The van der Waals surface area contributed by atoms with E-state index in [2.05, 4.69) is 41.0 Å². The van der Waals surface area contributed by atoms with E-state index in [1.165, 1.54) is 63.4 Å². The van der Waals surface area contributed by atoms with Crippen molar-refractivity contribution in [1.29, 1.82) is 0 Å². The third-order valence-corrected chi connectivity index (χ3v) is 6.17. The van der Waals surface area contributed by atoms with E-state index in [1.807, 2.05) is 0 Å². The zero-order valence-corrected chi connectivity index (χ0v) is 22.3. The molecule has 1 aromatic rings. The van der Waals surface area contributed by atoms with Crippen LogP contribution >= 0.6 is 37.7 Å². The molecule has 1 saturated carbocycles. The van der Waals surface area contributed by atoms with Crippen LogP contribution in [0.1, 0.15) is 69.3 Å². The molecule has 0 bridgehead atoms. The van der Waals surface area contributed by atoms with Crippen LogP contribution in [-0.4, -0.2) is 26.2 Å². The summed E-state index contributed by atoms with van der Waals surface area (Å²) in [4.78, 5) is 0. The number of hydrogen-bond acceptors (Lipinski definition) is 0. The number of nitrogens with zero attached hydrogens (tertiary/aromatic N) is 2. The van der Waals surface area contributed by atoms with E-state index >= 15 is 0 Å². The van der Waals surface area contributed by atoms with E-state index in [-0.39, 0.29) is 0 Å². The molecule has 1 aliphatic carbocycles. The number of benzene rings is 1. The van der Waals surface area contributed by atoms with Crippen molar-refractivity contribution in [1.82, 2.24) is 0 Å². The first-order valence-corrected chi connectivity index (χ1v) is 22.0. The van der Waals surface area contributed by atoms with Gasteiger partial charge in [-0.05, 0) is 23.3 Å². The van der Waals surface area contributed by atoms with Gasteiger partial charge < -0.3 is 10.6 Å². The summed E-state index contributed by atoms with van der Waals surface area (Å²) in [5.74, 6) is 2.89. The molecule has 0 amide bonds. The van der Waals surface area contributed by atoms with Crippen LogP contribution in [0.4, 0.5) is 0 Å². The molecule has 0 unspecified atom stereocenters. The monoisotopic (exact) mass is 661 g/mol. The minimum atomic E-state index is -3.06. The fourth-order valence-corrected chi connectivity index (χ4v) is 4.66. The Kier molecular flexibility index (Phi) is 13.5. The molecule has 2 aliphatic heterocycles. The Bertz CT molecular complexity index is 501. The van der Waals surface area contributed by atoms with Gasteiger partial charge in [0.15, 0.2) is 0 Å². The second kappa shape index (κ2) is 14.9. The largest absolute Gasteiger partial charge is 0.662 e. The molecule has 0 spiro atoms. The average molecular weight is 663 g/mol. The van der Waals surface area contributed by atoms with Gasteiger partial charge in [-0.3, -0.25) is 0 Å². The Morgan fingerprint density at radius 2 is 1.07 bits per heavy atom. The second-order valence-electron chi connectivity index (χ2n) is 8.03. The maximum atomic E-state index is 5.01. The number of rotatable bonds is 2. The summed E-state index contributed by atoms with van der Waals surface area (Å²) < 4.78 is 0. The van der Waals surface area contributed by atoms with Crippen molar-refractivity contribution < 1.29 is 11.9 Å². The van der Waals surface area contributed by atoms with Crippen molar-refractivity contribution in [2.45, 2.75) is 63.7 Å². The third kappa shape index (κ3) is 12.6. The molecule has 0 atom stereocenters. The third-order valence-electron chi connectivity index (χ3n) is 6.17. The molecule has 2 nitrogen and oxygen atoms in total. The van der Waals surface area contributed by atoms with Crippen molar-refractivity contribution in [3.8, 4) is 0 Å². The minimum Gasteiger partial charge on any atom is -0.662 e. The van der Waals surface area contributed by atoms with E-state index in [4.69, 9.17) is 37.7 Å². The number of piperidine rings is 2. The first-order valence-electron chi connectivity index (χ1n) is 10.7. The van der Waals surface area contributed by atoms with Crippen LogP contribution in [0.5, 0.6) is 0 Å². The molecule has 2 saturated heterocycles. The van der Waals surface area contributed by atoms with Gasteiger partial charge >= 0.3 is 49.6 Å². The number of hydrogen-bond donors (Lipinski definition) is 0. The topological polar surface area (TPSA) is 28.2 Å². The van der Waals surface area contributed by atoms with Crippen LogP contribution in [0, 0.1) is 11.8 Å². The van der Waals surface area contributed by atoms with Crippen molar-refractivity contribution in [3.05, 3.63) is 46.5 Å². The summed E-state index contributed by atoms with van der Waals surface area (Å²) in [6.45, 7) is 4.42. The summed E-state index contributed by atoms with van der Waals surface area (Å²) in [6, 6.07) is 10.8. The number of halogens is 4. The molecule has 3 aliphatic rings. The van der Waals surface area contributed by atoms with Crippen LogP contribution < -0.4 is 0 Å². The fraction of sp³-hybridized carbons (Fsp3) is 0.727. The van der Waals surface area contributed by atoms with Crippen LogP contribution in [-0.2, 0) is 11.9 Å². The van der Waals surface area contributed by atoms with Gasteiger partial charge in [0.1, 0.15) is 0 Å². The molecule has 7 heteroatoms. The molecular weight excluding hydrogens is 629 g/mol. The molecule has 0 aromatic heterocycles. The first kappa shape index (κ1) is 26.2. The molecule has 170 valence electrons. The quantitative estimate of drug-likeness (QED) is 0.302. The van der Waals surface area contributed by atoms with Gasteiger partial charge in [-0.15, -0.1) is 26.2 Å². The van der Waals surface area contributed by atoms with E-state index in [0.717, 1.165) is 43.9 Å². The predicted molar refractivity (Wildman–Crippen MR) is 127 cm³/mol. The standard InChI is InChI=1S/C11H20N.C11H14N.4ClH.Pt/c2*1-2-4-10(5-3-1)11-6-8-12-9-7-11;;;;;/h10-11H,1-9H2;1-5,11H,6-9H2;4*1H;/q2*-1;;;;;+6/p-4. The molecule has 1 aromatic carbocycles. The Hall–Kier alpha value is 0.988. The summed E-state index contributed by atoms with van der Waals surface area (Å²) in [6.07, 6.45) is 12.8. The molecule has 4 rings (SSSR count). The Balaban J connectivity index is 0.000000170. The average Bonchev–Trinajstić information content (AvgIpc) is 2.76. The van der Waals surface area contributed by atoms with E-state index in [1.54, 1.807) is 0 Å². The van der Waals surface area contributed by atoms with Gasteiger partial charge in [0, 0.05) is 0 Å². The summed E-state index contributed by atoms with van der Waals surface area (Å²) in [7, 11) is 20.0. The molecule has 29 heavy (non-hydrogen) atoms. The van der Waals surface area contributed by atoms with Crippen LogP contribution in [0.3, 0.4) is 0 Å². The van der Waals surface area contributed by atoms with Crippen LogP contribution in [0.25, 0.3) is 10.6 Å². The summed E-state index contributed by atoms with van der Waals surface area (Å²) in [5.41, 5.74) is 1.49. The first-order chi connectivity index (χ1) is 13.9. The zero-order valence-electron chi connectivity index (χ0n) is 17.0. The van der Waals surface area contributed by atoms with Crippen molar-refractivity contribution in [2.24, 2.45) is 11.8 Å². The van der Waals surface area contributed by atoms with Crippen molar-refractivity contribution in [3.63, 3.8) is 0 Å². The van der Waals surface area contributed by atoms with Gasteiger partial charge in [-0.2, -0.15) is 0 Å². The van der Waals surface area contributed by atoms with E-state index in [0.29, 0.717) is 0 Å². The molecule has 0 radical (unpaired) electrons. The van der Waals surface area contributed by atoms with Gasteiger partial charge in [0.25, 0.3) is 0 Å². The van der Waals surface area contributed by atoms with Crippen molar-refractivity contribution >= 4 is 37.7 Å². The normalized spacial score (nSPS) is 22.6. The maximum Gasteiger partial charge on any atom is -0.0195 e. The Labute approximate surface area is 196 Å². The Morgan fingerprint density at radius 3 is 1.59 bits per heavy atom. The summed E-state index contributed by atoms with van der Waals surface area (Å²) in [5, 5.41) is 8.77. The molecule has 0 N–H and O–H groups in total. The van der Waals surface area contributed by atoms with Gasteiger partial charge in [0.05, 0.1) is 0 Å². The molecular formula is C22H34Cl4N2Pt. The van der Waals surface area contributed by atoms with E-state index < -0.39 is 11.9 Å². The Morgan fingerprint density at radius 1 is 0.621 bits per heavy atom. The van der Waals surface area contributed by atoms with E-state index in [9.17, 15) is 0 Å². The van der Waals surface area contributed by atoms with Gasteiger partial charge in [-0.25, -0.2) is 0 Å². The molecule has 2 heterocycles. The minimum absolute atomic E-state index is 0.767.